The van der Waals surface area contributed by atoms with Crippen LogP contribution in [0, 0.1) is 0 Å². The second-order valence-corrected chi connectivity index (χ2v) is 13.8. The first kappa shape index (κ1) is 48.6. The minimum absolute atomic E-state index is 0. The molecule has 3 aromatic carbocycles. The van der Waals surface area contributed by atoms with Gasteiger partial charge in [0.2, 0.25) is 11.5 Å². The van der Waals surface area contributed by atoms with Gasteiger partial charge in [-0.3, -0.25) is 14.9 Å². The van der Waals surface area contributed by atoms with E-state index in [1.54, 1.807) is 42.7 Å². The van der Waals surface area contributed by atoms with Crippen LogP contribution in [0.2, 0.25) is 0 Å². The molecule has 11 nitrogen and oxygen atoms in total. The molecule has 3 heterocycles. The first-order valence-electron chi connectivity index (χ1n) is 19.1. The summed E-state index contributed by atoms with van der Waals surface area (Å²) in [4.78, 5) is 14.4. The molecule has 0 atom stereocenters. The number of rotatable bonds is 18. The topological polar surface area (TPSA) is 96.9 Å². The van der Waals surface area contributed by atoms with E-state index < -0.39 is 0 Å². The van der Waals surface area contributed by atoms with Crippen LogP contribution in [-0.2, 0) is 13.1 Å². The monoisotopic (exact) mass is 870 g/mol. The van der Waals surface area contributed by atoms with Gasteiger partial charge in [0.15, 0.2) is 23.0 Å². The highest BCUT2D eigenvalue weighted by atomic mass is 35.5. The van der Waals surface area contributed by atoms with Crippen LogP contribution < -0.4 is 38.1 Å². The fourth-order valence-corrected chi connectivity index (χ4v) is 7.28. The zero-order valence-corrected chi connectivity index (χ0v) is 37.3. The zero-order chi connectivity index (χ0) is 39.4. The fourth-order valence-electron chi connectivity index (χ4n) is 7.28. The van der Waals surface area contributed by atoms with Crippen molar-refractivity contribution < 1.29 is 33.2 Å². The van der Waals surface area contributed by atoms with E-state index in [9.17, 15) is 0 Å². The number of nitrogens with zero attached hydrogens (tertiary/aromatic N) is 4. The van der Waals surface area contributed by atoms with Gasteiger partial charge in [0.1, 0.15) is 5.75 Å². The molecule has 1 aliphatic heterocycles. The summed E-state index contributed by atoms with van der Waals surface area (Å²) in [5, 5.41) is 0. The first-order valence-corrected chi connectivity index (χ1v) is 19.1. The lowest BCUT2D eigenvalue weighted by Gasteiger charge is -2.40. The highest BCUT2D eigenvalue weighted by molar-refractivity contribution is 5.86. The Morgan fingerprint density at radius 2 is 1.22 bits per heavy atom. The highest BCUT2D eigenvalue weighted by Gasteiger charge is 2.26. The maximum atomic E-state index is 6.02. The van der Waals surface area contributed by atoms with Crippen LogP contribution in [0.4, 0.5) is 5.69 Å². The number of benzene rings is 3. The van der Waals surface area contributed by atoms with Gasteiger partial charge in [0, 0.05) is 67.6 Å². The lowest BCUT2D eigenvalue weighted by Crippen LogP contribution is -2.44. The Hall–Kier alpha value is -4.81. The molecule has 59 heavy (non-hydrogen) atoms. The van der Waals surface area contributed by atoms with Gasteiger partial charge in [0.05, 0.1) is 55.0 Å². The molecule has 6 rings (SSSR count). The SMILES string of the molecule is CCCCOc1ccc(N(Cc2ccnc(-c3cc(OC)c(OC)c(OC)c3)c2)C2CCN(Cc3cncc(-c4cc(OC)c(OC)c(OC)c4)c3)CC2)cc1.Cl.Cl.Cl. The number of methoxy groups -OCH3 is 6. The molecule has 14 heteroatoms. The number of halogens is 3. The number of anilines is 1. The summed E-state index contributed by atoms with van der Waals surface area (Å²) in [5.74, 6) is 4.42. The maximum Gasteiger partial charge on any atom is 0.203 e. The van der Waals surface area contributed by atoms with Gasteiger partial charge < -0.3 is 38.1 Å². The van der Waals surface area contributed by atoms with Gasteiger partial charge in [-0.1, -0.05) is 13.3 Å². The smallest absolute Gasteiger partial charge is 0.203 e. The molecule has 5 aromatic rings. The molecule has 0 aliphatic carbocycles. The average Bonchev–Trinajstić information content (AvgIpc) is 3.25. The standard InChI is InChI=1S/C45H54N4O7.3ClH/c1-8-9-20-56-38-12-10-36(11-13-38)49(30-31-14-17-47-39(22-31)34-25-42(52-4)45(55-7)43(26-34)53-5)37-15-18-48(19-16-37)29-32-21-35(28-46-27-32)33-23-40(50-2)44(54-6)41(24-33)51-3;;;/h10-14,17,21-28,37H,8-9,15-16,18-20,29-30H2,1-7H3;3*1H. The number of likely N-dealkylation sites (tertiary alicyclic amines) is 1. The number of hydrogen-bond donors (Lipinski definition) is 0. The van der Waals surface area contributed by atoms with Gasteiger partial charge in [-0.2, -0.15) is 0 Å². The first-order chi connectivity index (χ1) is 27.4. The van der Waals surface area contributed by atoms with Crippen molar-refractivity contribution in [2.45, 2.75) is 51.7 Å². The third kappa shape index (κ3) is 11.9. The molecule has 0 saturated carbocycles. The summed E-state index contributed by atoms with van der Waals surface area (Å²) in [6.07, 6.45) is 9.87. The van der Waals surface area contributed by atoms with Crippen molar-refractivity contribution in [1.82, 2.24) is 14.9 Å². The van der Waals surface area contributed by atoms with Crippen molar-refractivity contribution in [3.63, 3.8) is 0 Å². The number of hydrogen-bond acceptors (Lipinski definition) is 11. The molecule has 1 fully saturated rings. The molecule has 2 aromatic heterocycles. The molecule has 0 radical (unpaired) electrons. The average molecular weight is 872 g/mol. The Bertz CT molecular complexity index is 2000. The van der Waals surface area contributed by atoms with Gasteiger partial charge >= 0.3 is 0 Å². The number of piperidine rings is 1. The predicted octanol–water partition coefficient (Wildman–Crippen LogP) is 9.98. The van der Waals surface area contributed by atoms with Crippen LogP contribution in [0.25, 0.3) is 22.4 Å². The van der Waals surface area contributed by atoms with Crippen LogP contribution >= 0.6 is 37.2 Å². The molecular formula is C45H57Cl3N4O7. The van der Waals surface area contributed by atoms with Crippen LogP contribution in [-0.4, -0.2) is 83.3 Å². The Balaban J connectivity index is 0.00000310. The summed E-state index contributed by atoms with van der Waals surface area (Å²) in [6, 6.07) is 23.1. The second kappa shape index (κ2) is 23.7. The number of pyridine rings is 2. The van der Waals surface area contributed by atoms with E-state index in [0.717, 1.165) is 97.7 Å². The van der Waals surface area contributed by atoms with E-state index in [0.29, 0.717) is 40.5 Å². The molecular weight excluding hydrogens is 815 g/mol. The largest absolute Gasteiger partial charge is 0.494 e. The van der Waals surface area contributed by atoms with Gasteiger partial charge in [0.25, 0.3) is 0 Å². The van der Waals surface area contributed by atoms with Gasteiger partial charge in [-0.25, -0.2) is 0 Å². The summed E-state index contributed by atoms with van der Waals surface area (Å²) >= 11 is 0. The van der Waals surface area contributed by atoms with Gasteiger partial charge in [-0.05, 0) is 103 Å². The molecule has 320 valence electrons. The van der Waals surface area contributed by atoms with Crippen molar-refractivity contribution in [3.05, 3.63) is 96.4 Å². The Kier molecular flexibility index (Phi) is 19.5. The van der Waals surface area contributed by atoms with E-state index in [-0.39, 0.29) is 37.2 Å². The molecule has 1 aliphatic rings. The predicted molar refractivity (Wildman–Crippen MR) is 242 cm³/mol. The van der Waals surface area contributed by atoms with Crippen molar-refractivity contribution in [2.75, 3.05) is 67.3 Å². The lowest BCUT2D eigenvalue weighted by atomic mass is 9.99. The minimum atomic E-state index is 0. The number of aromatic nitrogens is 2. The van der Waals surface area contributed by atoms with E-state index in [2.05, 4.69) is 64.2 Å². The highest BCUT2D eigenvalue weighted by Crippen LogP contribution is 2.42. The van der Waals surface area contributed by atoms with Crippen LogP contribution in [0.1, 0.15) is 43.7 Å². The number of ether oxygens (including phenoxy) is 7. The maximum absolute atomic E-state index is 6.02. The Labute approximate surface area is 367 Å². The molecule has 0 N–H and O–H groups in total. The van der Waals surface area contributed by atoms with E-state index >= 15 is 0 Å². The van der Waals surface area contributed by atoms with Crippen molar-refractivity contribution in [3.8, 4) is 62.6 Å². The lowest BCUT2D eigenvalue weighted by molar-refractivity contribution is 0.200. The normalized spacial score (nSPS) is 12.5. The summed E-state index contributed by atoms with van der Waals surface area (Å²) in [7, 11) is 9.73. The van der Waals surface area contributed by atoms with Crippen LogP contribution in [0.5, 0.6) is 40.2 Å². The summed E-state index contributed by atoms with van der Waals surface area (Å²) in [6.45, 7) is 6.35. The van der Waals surface area contributed by atoms with E-state index in [1.165, 1.54) is 5.69 Å². The van der Waals surface area contributed by atoms with Crippen molar-refractivity contribution in [2.24, 2.45) is 0 Å². The third-order valence-corrected chi connectivity index (χ3v) is 10.3. The summed E-state index contributed by atoms with van der Waals surface area (Å²) < 4.78 is 39.6. The Morgan fingerprint density at radius 3 is 1.76 bits per heavy atom. The van der Waals surface area contributed by atoms with Crippen molar-refractivity contribution >= 4 is 42.9 Å². The molecule has 0 spiro atoms. The Morgan fingerprint density at radius 1 is 0.644 bits per heavy atom. The molecule has 0 bridgehead atoms. The van der Waals surface area contributed by atoms with Gasteiger partial charge in [-0.15, -0.1) is 37.2 Å². The third-order valence-electron chi connectivity index (χ3n) is 10.3. The molecule has 0 unspecified atom stereocenters. The number of unbranched alkanes of at least 4 members (excludes halogenated alkanes) is 1. The molecule has 1 saturated heterocycles. The second-order valence-electron chi connectivity index (χ2n) is 13.8. The van der Waals surface area contributed by atoms with E-state index in [1.807, 2.05) is 42.9 Å². The minimum Gasteiger partial charge on any atom is -0.494 e. The van der Waals surface area contributed by atoms with Crippen LogP contribution in [0.3, 0.4) is 0 Å². The van der Waals surface area contributed by atoms with Crippen LogP contribution in [0.15, 0.2) is 85.3 Å². The molecule has 0 amide bonds. The summed E-state index contributed by atoms with van der Waals surface area (Å²) in [5.41, 5.74) is 7.14. The van der Waals surface area contributed by atoms with Crippen molar-refractivity contribution in [1.29, 1.82) is 0 Å². The fraction of sp³-hybridized carbons (Fsp3) is 0.378. The zero-order valence-electron chi connectivity index (χ0n) is 34.9. The quantitative estimate of drug-likeness (QED) is 0.0788. The van der Waals surface area contributed by atoms with E-state index in [4.69, 9.17) is 38.1 Å².